The van der Waals surface area contributed by atoms with Crippen molar-refractivity contribution in [3.8, 4) is 135 Å². The van der Waals surface area contributed by atoms with E-state index in [1.807, 2.05) is 0 Å². The first-order valence-corrected chi connectivity index (χ1v) is 40.7. The van der Waals surface area contributed by atoms with Gasteiger partial charge in [-0.3, -0.25) is 0 Å². The molecule has 9 heteroatoms. The number of aryl methyl sites for hydroxylation is 2. The van der Waals surface area contributed by atoms with Crippen molar-refractivity contribution in [2.75, 3.05) is 9.80 Å². The number of ether oxygens (including phenoxy) is 4. The van der Waals surface area contributed by atoms with E-state index in [1.165, 1.54) is 5.56 Å². The lowest BCUT2D eigenvalue weighted by Gasteiger charge is -2.48. The average Bonchev–Trinajstić information content (AvgIpc) is 0.677. The minimum atomic E-state index is -0.507. The van der Waals surface area contributed by atoms with E-state index < -0.39 is 13.4 Å². The van der Waals surface area contributed by atoms with Crippen molar-refractivity contribution in [1.29, 1.82) is 0 Å². The average molecular weight is 1500 g/mol. The molecule has 0 atom stereocenters. The molecule has 23 rings (SSSR count). The second kappa shape index (κ2) is 26.7. The van der Waals surface area contributed by atoms with Crippen molar-refractivity contribution in [3.63, 3.8) is 0 Å². The zero-order valence-corrected chi connectivity index (χ0v) is 65.4. The summed E-state index contributed by atoms with van der Waals surface area (Å²) in [7, 11) is 0. The van der Waals surface area contributed by atoms with Crippen molar-refractivity contribution in [3.05, 3.63) is 381 Å². The summed E-state index contributed by atoms with van der Waals surface area (Å²) >= 11 is 0. The Bertz CT molecular complexity index is 6770. The molecule has 6 nitrogen and oxygen atoms in total. The quantitative estimate of drug-likeness (QED) is 0.127. The molecule has 6 aliphatic rings. The molecule has 0 bridgehead atoms. The van der Waals surface area contributed by atoms with Gasteiger partial charge in [-0.2, -0.15) is 0 Å². The molecule has 17 aromatic rings. The van der Waals surface area contributed by atoms with Gasteiger partial charge in [0.05, 0.1) is 11.4 Å². The number of hydrogen-bond donors (Lipinski definition) is 0. The van der Waals surface area contributed by atoms with Crippen LogP contribution in [0.5, 0.6) is 46.0 Å². The number of anilines is 6. The largest absolute Gasteiger partial charge is 0.459 e. The summed E-state index contributed by atoms with van der Waals surface area (Å²) < 4.78 is 31.7. The van der Waals surface area contributed by atoms with E-state index in [1.54, 1.807) is 0 Å². The van der Waals surface area contributed by atoms with Crippen LogP contribution in [0.4, 0.5) is 34.1 Å². The topological polar surface area (TPSA) is 43.4 Å². The molecular weight excluding hydrogens is 1420 g/mol. The molecule has 0 radical (unpaired) electrons. The number of rotatable bonds is 10. The number of hydrogen-bond acceptors (Lipinski definition) is 6. The van der Waals surface area contributed by atoms with Crippen LogP contribution < -0.4 is 77.9 Å². The van der Waals surface area contributed by atoms with Crippen LogP contribution in [0.2, 0.25) is 0 Å². The highest BCUT2D eigenvalue weighted by molar-refractivity contribution is 7.04. The monoisotopic (exact) mass is 1500 g/mol. The molecule has 0 spiro atoms. The van der Waals surface area contributed by atoms with Crippen molar-refractivity contribution in [2.24, 2.45) is 0 Å². The van der Waals surface area contributed by atoms with Gasteiger partial charge in [0.25, 0.3) is 20.1 Å². The van der Waals surface area contributed by atoms with E-state index in [-0.39, 0.29) is 12.1 Å². The Kier molecular flexibility index (Phi) is 15.6. The summed E-state index contributed by atoms with van der Waals surface area (Å²) in [5, 5.41) is 0. The first-order valence-electron chi connectivity index (χ1n) is 40.7. The first-order chi connectivity index (χ1) is 57.5. The van der Waals surface area contributed by atoms with Crippen LogP contribution >= 0.6 is 0 Å². The number of benzene rings is 17. The molecule has 0 N–H and O–H groups in total. The van der Waals surface area contributed by atoms with Crippen LogP contribution in [-0.2, 0) is 5.41 Å². The second-order valence-corrected chi connectivity index (χ2v) is 33.0. The van der Waals surface area contributed by atoms with Gasteiger partial charge >= 0.3 is 0 Å². The van der Waals surface area contributed by atoms with Gasteiger partial charge in [0.2, 0.25) is 0 Å². The molecule has 0 amide bonds. The van der Waals surface area contributed by atoms with Crippen LogP contribution in [0.25, 0.3) is 89.0 Å². The molecular formula is C108H75B3N2O4. The van der Waals surface area contributed by atoms with Crippen molar-refractivity contribution >= 4 is 103 Å². The molecule has 6 heterocycles. The maximum atomic E-state index is 8.36. The second-order valence-electron chi connectivity index (χ2n) is 33.0. The summed E-state index contributed by atoms with van der Waals surface area (Å²) in [5.41, 5.74) is 36.3. The third kappa shape index (κ3) is 11.0. The van der Waals surface area contributed by atoms with Crippen LogP contribution in [0.3, 0.4) is 0 Å². The molecule has 117 heavy (non-hydrogen) atoms. The molecule has 6 aliphatic heterocycles. The van der Waals surface area contributed by atoms with Crippen LogP contribution in [-0.4, -0.2) is 20.1 Å². The normalized spacial score (nSPS) is 13.2. The zero-order chi connectivity index (χ0) is 77.9. The molecule has 0 fully saturated rings. The fourth-order valence-electron chi connectivity index (χ4n) is 19.6. The van der Waals surface area contributed by atoms with E-state index in [9.17, 15) is 0 Å². The Labute approximate surface area is 683 Å². The van der Waals surface area contributed by atoms with Crippen molar-refractivity contribution in [2.45, 2.75) is 40.0 Å². The molecule has 0 aliphatic carbocycles. The van der Waals surface area contributed by atoms with Crippen molar-refractivity contribution in [1.82, 2.24) is 0 Å². The fourth-order valence-corrected chi connectivity index (χ4v) is 19.6. The molecule has 0 aromatic heterocycles. The Balaban J connectivity index is 0.865. The Hall–Kier alpha value is -14.3. The predicted molar refractivity (Wildman–Crippen MR) is 488 cm³/mol. The van der Waals surface area contributed by atoms with E-state index in [0.717, 1.165) is 212 Å². The Morgan fingerprint density at radius 3 is 0.983 bits per heavy atom. The lowest BCUT2D eigenvalue weighted by Crippen LogP contribution is -2.66. The number of nitrogens with zero attached hydrogens (tertiary/aromatic N) is 2. The minimum absolute atomic E-state index is 0.307. The fraction of sp³-hybridized carbons (Fsp3) is 0.0556. The number of fused-ring (bicyclic) bond motifs is 14. The molecule has 17 aromatic carbocycles. The SMILES string of the molecule is Cc1cc(-c2ccccc2)c(N2c3cc(-c4ccccc4)ccc3B3c4c2cc(C(C)(C)C)cc4N(c2c(-c4ccccc4)cc(C)cc2-c2ccccc2)c2cc4c5c(c23)Oc2cc(-c3ccccc3)ccc2B5c2c(cc3c5c2Oc2ccc(-c6ccccc6)cc2B5c2cc(-c5ccccc5)ccc2O3)O4)c(-c2ccccc2)c1. The molecule has 550 valence electrons. The standard InChI is InChI=1S/C108H75B3N2O4/c1-66-54-81(72-38-22-10-23-39-72)104(82(55-66)73-40-24-11-25-41-73)112-89-60-78(70-34-18-8-19-35-70)46-50-85(89)110-99-90(112)62-80(108(3,4)5)63-91(99)113(105-83(74-42-26-12-27-43-74)56-67(2)57-84(105)75-44-28-13-29-45-75)92-64-96-102-106(100(92)110)117-95-61-79(71-36-20-9-21-37-71)47-51-86(95)111(102)103-98(115-96)65-97-101-107(103)116-94-53-49-77(69-32-16-7-17-33-69)59-88(94)109(101)87-58-76(48-52-93(87)114-97)68-30-14-6-15-31-68/h6-65H,1-5H3. The molecule has 0 saturated carbocycles. The predicted octanol–water partition coefficient (Wildman–Crippen LogP) is 22.5. The highest BCUT2D eigenvalue weighted by Gasteiger charge is 2.54. The van der Waals surface area contributed by atoms with E-state index >= 15 is 0 Å². The van der Waals surface area contributed by atoms with Gasteiger partial charge in [-0.05, 0) is 196 Å². The third-order valence-electron chi connectivity index (χ3n) is 24.9. The van der Waals surface area contributed by atoms with Gasteiger partial charge in [-0.25, -0.2) is 0 Å². The van der Waals surface area contributed by atoms with Gasteiger partial charge in [-0.15, -0.1) is 0 Å². The summed E-state index contributed by atoms with van der Waals surface area (Å²) in [4.78, 5) is 5.31. The zero-order valence-electron chi connectivity index (χ0n) is 65.4. The summed E-state index contributed by atoms with van der Waals surface area (Å²) in [6.45, 7) is 10.3. The Morgan fingerprint density at radius 2 is 0.547 bits per heavy atom. The highest BCUT2D eigenvalue weighted by atomic mass is 16.5. The Morgan fingerprint density at radius 1 is 0.222 bits per heavy atom. The van der Waals surface area contributed by atoms with E-state index in [4.69, 9.17) is 18.9 Å². The third-order valence-corrected chi connectivity index (χ3v) is 24.9. The lowest BCUT2D eigenvalue weighted by molar-refractivity contribution is 0.443. The minimum Gasteiger partial charge on any atom is -0.459 e. The molecule has 0 saturated heterocycles. The van der Waals surface area contributed by atoms with Crippen LogP contribution in [0.1, 0.15) is 37.5 Å². The van der Waals surface area contributed by atoms with E-state index in [0.29, 0.717) is 17.2 Å². The van der Waals surface area contributed by atoms with Crippen LogP contribution in [0.15, 0.2) is 364 Å². The van der Waals surface area contributed by atoms with Crippen LogP contribution in [0, 0.1) is 13.8 Å². The maximum Gasteiger partial charge on any atom is 0.265 e. The summed E-state index contributed by atoms with van der Waals surface area (Å²) in [6.07, 6.45) is 0. The maximum absolute atomic E-state index is 8.36. The van der Waals surface area contributed by atoms with E-state index in [2.05, 4.69) is 408 Å². The van der Waals surface area contributed by atoms with Crippen molar-refractivity contribution < 1.29 is 18.9 Å². The summed E-state index contributed by atoms with van der Waals surface area (Å²) in [5.74, 6) is 5.81. The highest BCUT2D eigenvalue weighted by Crippen LogP contribution is 2.57. The van der Waals surface area contributed by atoms with Gasteiger partial charge in [0, 0.05) is 73.5 Å². The lowest BCUT2D eigenvalue weighted by atomic mass is 9.29. The van der Waals surface area contributed by atoms with Gasteiger partial charge in [0.1, 0.15) is 46.0 Å². The van der Waals surface area contributed by atoms with Gasteiger partial charge in [-0.1, -0.05) is 312 Å². The first kappa shape index (κ1) is 68.3. The smallest absolute Gasteiger partial charge is 0.265 e. The van der Waals surface area contributed by atoms with Gasteiger partial charge < -0.3 is 28.7 Å². The summed E-state index contributed by atoms with van der Waals surface area (Å²) in [6, 6.07) is 134. The molecule has 0 unspecified atom stereocenters. The van der Waals surface area contributed by atoms with Gasteiger partial charge in [0.15, 0.2) is 0 Å².